The van der Waals surface area contributed by atoms with E-state index in [-0.39, 0.29) is 5.82 Å². The highest BCUT2D eigenvalue weighted by atomic mass is 79.9. The Morgan fingerprint density at radius 1 is 1.63 bits per heavy atom. The van der Waals surface area contributed by atoms with Gasteiger partial charge in [0.25, 0.3) is 5.91 Å². The van der Waals surface area contributed by atoms with Crippen LogP contribution in [0.1, 0.15) is 12.8 Å². The molecule has 1 aromatic rings. The van der Waals surface area contributed by atoms with Crippen LogP contribution < -0.4 is 5.32 Å². The third-order valence-corrected chi connectivity index (χ3v) is 3.10. The lowest BCUT2D eigenvalue weighted by molar-refractivity contribution is -0.142. The van der Waals surface area contributed by atoms with Crippen molar-refractivity contribution in [3.8, 4) is 0 Å². The molecule has 2 heterocycles. The first-order chi connectivity index (χ1) is 8.85. The van der Waals surface area contributed by atoms with Gasteiger partial charge in [-0.25, -0.2) is 0 Å². The van der Waals surface area contributed by atoms with Crippen molar-refractivity contribution in [2.75, 3.05) is 11.9 Å². The molecule has 0 spiro atoms. The average molecular weight is 342 g/mol. The van der Waals surface area contributed by atoms with Gasteiger partial charge in [0.15, 0.2) is 5.82 Å². The number of nitrogens with one attached hydrogen (secondary N) is 1. The largest absolute Gasteiger partial charge is 0.408 e. The molecule has 0 unspecified atom stereocenters. The van der Waals surface area contributed by atoms with Gasteiger partial charge in [-0.1, -0.05) is 0 Å². The van der Waals surface area contributed by atoms with Crippen molar-refractivity contribution in [2.45, 2.75) is 31.7 Å². The average Bonchev–Trinajstić information content (AvgIpc) is 2.87. The summed E-state index contributed by atoms with van der Waals surface area (Å²) < 4.78 is 42.8. The van der Waals surface area contributed by atoms with Gasteiger partial charge in [-0.15, -0.1) is 0 Å². The smallest absolute Gasteiger partial charge is 0.368 e. The van der Waals surface area contributed by atoms with Crippen molar-refractivity contribution in [1.82, 2.24) is 9.78 Å². The highest BCUT2D eigenvalue weighted by molar-refractivity contribution is 9.10. The lowest BCUT2D eigenvalue weighted by atomic mass is 10.2. The first-order valence-electron chi connectivity index (χ1n) is 5.57. The Bertz CT molecular complexity index is 469. The number of nitrogens with zero attached hydrogens (tertiary/aromatic N) is 2. The monoisotopic (exact) mass is 341 g/mol. The molecule has 1 fully saturated rings. The number of carbonyl (C=O) groups excluding carboxylic acids is 1. The van der Waals surface area contributed by atoms with Crippen LogP contribution in [0.25, 0.3) is 0 Å². The van der Waals surface area contributed by atoms with Crippen LogP contribution in [0.15, 0.2) is 10.7 Å². The Kier molecular flexibility index (Phi) is 4.14. The normalized spacial score (nSPS) is 19.7. The molecular weight excluding hydrogens is 331 g/mol. The molecule has 0 saturated carbocycles. The van der Waals surface area contributed by atoms with E-state index in [4.69, 9.17) is 4.74 Å². The fraction of sp³-hybridized carbons (Fsp3) is 0.600. The van der Waals surface area contributed by atoms with Crippen LogP contribution in [0, 0.1) is 0 Å². The van der Waals surface area contributed by atoms with E-state index in [9.17, 15) is 18.0 Å². The van der Waals surface area contributed by atoms with E-state index in [1.165, 1.54) is 6.20 Å². The van der Waals surface area contributed by atoms with E-state index in [1.807, 2.05) is 0 Å². The summed E-state index contributed by atoms with van der Waals surface area (Å²) in [5.41, 5.74) is 0. The minimum atomic E-state index is -4.36. The summed E-state index contributed by atoms with van der Waals surface area (Å²) in [4.78, 5) is 11.7. The molecule has 106 valence electrons. The van der Waals surface area contributed by atoms with Crippen LogP contribution in [0.4, 0.5) is 19.0 Å². The lowest BCUT2D eigenvalue weighted by Gasteiger charge is -2.08. The number of ether oxygens (including phenoxy) is 1. The van der Waals surface area contributed by atoms with Crippen LogP contribution in [0.3, 0.4) is 0 Å². The lowest BCUT2D eigenvalue weighted by Crippen LogP contribution is -2.27. The van der Waals surface area contributed by atoms with Gasteiger partial charge in [0.2, 0.25) is 0 Å². The molecule has 2 rings (SSSR count). The molecule has 0 aromatic carbocycles. The van der Waals surface area contributed by atoms with Gasteiger partial charge in [-0.05, 0) is 28.8 Å². The second-order valence-corrected chi connectivity index (χ2v) is 4.98. The van der Waals surface area contributed by atoms with E-state index >= 15 is 0 Å². The standard InChI is InChI=1S/C10H11BrF3N3O2/c11-6-4-17(5-10(12,13)14)16-8(6)15-9(18)7-2-1-3-19-7/h4,7H,1-3,5H2,(H,15,16,18)/t7-/m1/s1. The van der Waals surface area contributed by atoms with Crippen molar-refractivity contribution in [3.05, 3.63) is 10.7 Å². The first kappa shape index (κ1) is 14.3. The zero-order valence-corrected chi connectivity index (χ0v) is 11.3. The van der Waals surface area contributed by atoms with Gasteiger partial charge in [0.05, 0.1) is 4.47 Å². The summed E-state index contributed by atoms with van der Waals surface area (Å²) in [7, 11) is 0. The van der Waals surface area contributed by atoms with Gasteiger partial charge in [0, 0.05) is 12.8 Å². The minimum Gasteiger partial charge on any atom is -0.368 e. The number of hydrogen-bond acceptors (Lipinski definition) is 3. The van der Waals surface area contributed by atoms with Gasteiger partial charge in [0.1, 0.15) is 12.6 Å². The summed E-state index contributed by atoms with van der Waals surface area (Å²) in [6.07, 6.45) is -2.35. The van der Waals surface area contributed by atoms with E-state index in [0.717, 1.165) is 11.1 Å². The number of aromatic nitrogens is 2. The molecular formula is C10H11BrF3N3O2. The number of hydrogen-bond donors (Lipinski definition) is 1. The number of carbonyl (C=O) groups is 1. The predicted molar refractivity (Wildman–Crippen MR) is 63.6 cm³/mol. The molecule has 1 aliphatic rings. The zero-order valence-electron chi connectivity index (χ0n) is 9.71. The van der Waals surface area contributed by atoms with E-state index < -0.39 is 24.7 Å². The van der Waals surface area contributed by atoms with Crippen molar-refractivity contribution in [3.63, 3.8) is 0 Å². The van der Waals surface area contributed by atoms with Crippen LogP contribution in [-0.2, 0) is 16.1 Å². The van der Waals surface area contributed by atoms with Crippen molar-refractivity contribution < 1.29 is 22.7 Å². The SMILES string of the molecule is O=C(Nc1nn(CC(F)(F)F)cc1Br)[C@H]1CCCO1. The van der Waals surface area contributed by atoms with Gasteiger partial charge < -0.3 is 10.1 Å². The van der Waals surface area contributed by atoms with E-state index in [2.05, 4.69) is 26.3 Å². The maximum atomic E-state index is 12.2. The minimum absolute atomic E-state index is 0.0600. The molecule has 5 nitrogen and oxygen atoms in total. The molecule has 9 heteroatoms. The van der Waals surface area contributed by atoms with Crippen LogP contribution in [-0.4, -0.2) is 34.6 Å². The Hall–Kier alpha value is -1.09. The topological polar surface area (TPSA) is 56.2 Å². The van der Waals surface area contributed by atoms with Crippen molar-refractivity contribution >= 4 is 27.7 Å². The summed E-state index contributed by atoms with van der Waals surface area (Å²) in [6, 6.07) is 0. The quantitative estimate of drug-likeness (QED) is 0.917. The van der Waals surface area contributed by atoms with Gasteiger partial charge in [-0.2, -0.15) is 18.3 Å². The number of amides is 1. The molecule has 19 heavy (non-hydrogen) atoms. The summed E-state index contributed by atoms with van der Waals surface area (Å²) >= 11 is 3.06. The van der Waals surface area contributed by atoms with E-state index in [1.54, 1.807) is 0 Å². The fourth-order valence-electron chi connectivity index (χ4n) is 1.73. The van der Waals surface area contributed by atoms with Gasteiger partial charge >= 0.3 is 6.18 Å². The molecule has 0 radical (unpaired) electrons. The predicted octanol–water partition coefficient (Wildman–Crippen LogP) is 2.33. The highest BCUT2D eigenvalue weighted by Crippen LogP contribution is 2.24. The van der Waals surface area contributed by atoms with Gasteiger partial charge in [-0.3, -0.25) is 9.48 Å². The second-order valence-electron chi connectivity index (χ2n) is 4.13. The number of halogens is 4. The molecule has 0 bridgehead atoms. The Morgan fingerprint density at radius 3 is 2.95 bits per heavy atom. The van der Waals surface area contributed by atoms with Crippen LogP contribution in [0.5, 0.6) is 0 Å². The molecule has 1 N–H and O–H groups in total. The molecule has 1 aliphatic heterocycles. The molecule has 1 aromatic heterocycles. The molecule has 1 amide bonds. The zero-order chi connectivity index (χ0) is 14.0. The number of rotatable bonds is 3. The Morgan fingerprint density at radius 2 is 2.37 bits per heavy atom. The van der Waals surface area contributed by atoms with Crippen LogP contribution in [0.2, 0.25) is 0 Å². The first-order valence-corrected chi connectivity index (χ1v) is 6.36. The Labute approximate surface area is 115 Å². The highest BCUT2D eigenvalue weighted by Gasteiger charge is 2.29. The third-order valence-electron chi connectivity index (χ3n) is 2.52. The Balaban J connectivity index is 2.02. The fourth-order valence-corrected chi connectivity index (χ4v) is 2.14. The van der Waals surface area contributed by atoms with Crippen LogP contribution >= 0.6 is 15.9 Å². The number of alkyl halides is 3. The molecule has 1 saturated heterocycles. The summed E-state index contributed by atoms with van der Waals surface area (Å²) in [6.45, 7) is -0.691. The molecule has 0 aliphatic carbocycles. The number of anilines is 1. The maximum absolute atomic E-state index is 12.2. The molecule has 1 atom stereocenters. The summed E-state index contributed by atoms with van der Waals surface area (Å²) in [5.74, 6) is -0.333. The van der Waals surface area contributed by atoms with E-state index in [0.29, 0.717) is 17.5 Å². The van der Waals surface area contributed by atoms with Crippen molar-refractivity contribution in [1.29, 1.82) is 0 Å². The van der Waals surface area contributed by atoms with Crippen molar-refractivity contribution in [2.24, 2.45) is 0 Å². The second kappa shape index (κ2) is 5.49. The maximum Gasteiger partial charge on any atom is 0.408 e. The summed E-state index contributed by atoms with van der Waals surface area (Å²) in [5, 5.41) is 6.12. The third kappa shape index (κ3) is 3.93.